The number of aromatic nitrogens is 3. The zero-order chi connectivity index (χ0) is 24.1. The fraction of sp³-hybridized carbons (Fsp3) is 0.348. The van der Waals surface area contributed by atoms with Crippen LogP contribution in [-0.2, 0) is 16.1 Å². The highest BCUT2D eigenvalue weighted by molar-refractivity contribution is 7.99. The minimum absolute atomic E-state index is 0.00956. The Morgan fingerprint density at radius 3 is 2.68 bits per heavy atom. The van der Waals surface area contributed by atoms with Crippen molar-refractivity contribution in [2.45, 2.75) is 40.1 Å². The summed E-state index contributed by atoms with van der Waals surface area (Å²) in [5.74, 6) is 1.04. The highest BCUT2D eigenvalue weighted by Gasteiger charge is 2.46. The number of piperidine rings is 1. The number of benzene rings is 1. The van der Waals surface area contributed by atoms with E-state index in [1.165, 1.54) is 23.6 Å². The first-order chi connectivity index (χ1) is 16.2. The molecule has 3 aromatic rings. The van der Waals surface area contributed by atoms with Gasteiger partial charge in [0.15, 0.2) is 5.82 Å². The van der Waals surface area contributed by atoms with Crippen LogP contribution in [0.4, 0.5) is 11.6 Å². The molecule has 2 aliphatic rings. The molecule has 0 radical (unpaired) electrons. The third-order valence-electron chi connectivity index (χ3n) is 6.83. The molecule has 5 rings (SSSR count). The second kappa shape index (κ2) is 8.67. The van der Waals surface area contributed by atoms with Crippen LogP contribution in [0.5, 0.6) is 0 Å². The molecule has 0 amide bonds. The predicted molar refractivity (Wildman–Crippen MR) is 136 cm³/mol. The fourth-order valence-electron chi connectivity index (χ4n) is 4.91. The van der Waals surface area contributed by atoms with Crippen LogP contribution < -0.4 is 16.4 Å². The maximum absolute atomic E-state index is 12.2. The Morgan fingerprint density at radius 2 is 2.00 bits per heavy atom. The van der Waals surface area contributed by atoms with Crippen LogP contribution >= 0.6 is 23.4 Å². The lowest BCUT2D eigenvalue weighted by molar-refractivity contribution is 0.186. The number of fused-ring (bicyclic) bond motifs is 1. The van der Waals surface area contributed by atoms with E-state index in [1.54, 1.807) is 24.4 Å². The average molecular weight is 516 g/mol. The van der Waals surface area contributed by atoms with Gasteiger partial charge in [0.1, 0.15) is 10.8 Å². The number of rotatable bonds is 4. The van der Waals surface area contributed by atoms with E-state index in [2.05, 4.69) is 25.9 Å². The molecule has 8 nitrogen and oxygen atoms in total. The van der Waals surface area contributed by atoms with Gasteiger partial charge in [0, 0.05) is 42.2 Å². The van der Waals surface area contributed by atoms with Gasteiger partial charge in [0.2, 0.25) is 0 Å². The van der Waals surface area contributed by atoms with Gasteiger partial charge in [-0.05, 0) is 48.4 Å². The van der Waals surface area contributed by atoms with Crippen molar-refractivity contribution in [2.24, 2.45) is 11.1 Å². The highest BCUT2D eigenvalue weighted by Crippen LogP contribution is 2.50. The lowest BCUT2D eigenvalue weighted by atomic mass is 9.73. The van der Waals surface area contributed by atoms with Crippen molar-refractivity contribution in [3.05, 3.63) is 59.0 Å². The first-order valence-corrected chi connectivity index (χ1v) is 14.1. The summed E-state index contributed by atoms with van der Waals surface area (Å²) >= 11 is 7.67. The molecule has 2 atom stereocenters. The van der Waals surface area contributed by atoms with E-state index in [-0.39, 0.29) is 16.5 Å². The smallest absolute Gasteiger partial charge is 0.158 e. The number of hydrogen-bond donors (Lipinski definition) is 3. The molecule has 1 aliphatic heterocycles. The Bertz CT molecular complexity index is 1360. The Hall–Kier alpha value is -2.40. The number of pyridine rings is 1. The van der Waals surface area contributed by atoms with Crippen molar-refractivity contribution >= 4 is 44.7 Å². The SMILES string of the molecule is CS(=N)(=O)c1cccc(Sc2ncc(N3CCC4(CC3)Cc3ncccc3[C@H]4N)nc2N)c1Cl. The monoisotopic (exact) mass is 515 g/mol. The quantitative estimate of drug-likeness (QED) is 0.471. The van der Waals surface area contributed by atoms with Crippen molar-refractivity contribution in [3.8, 4) is 0 Å². The number of nitrogens with zero attached hydrogens (tertiary/aromatic N) is 4. The van der Waals surface area contributed by atoms with E-state index in [0.717, 1.165) is 43.9 Å². The van der Waals surface area contributed by atoms with Gasteiger partial charge in [-0.1, -0.05) is 35.5 Å². The van der Waals surface area contributed by atoms with Gasteiger partial charge in [-0.3, -0.25) is 4.98 Å². The molecule has 1 fully saturated rings. The Kier molecular flexibility index (Phi) is 5.96. The van der Waals surface area contributed by atoms with Gasteiger partial charge in [0.05, 0.1) is 25.8 Å². The minimum Gasteiger partial charge on any atom is -0.381 e. The lowest BCUT2D eigenvalue weighted by Gasteiger charge is -2.42. The molecule has 2 aromatic heterocycles. The molecule has 1 aliphatic carbocycles. The summed E-state index contributed by atoms with van der Waals surface area (Å²) in [6, 6.07) is 9.19. The van der Waals surface area contributed by atoms with Gasteiger partial charge in [-0.2, -0.15) is 0 Å². The van der Waals surface area contributed by atoms with Crippen LogP contribution in [0.25, 0.3) is 0 Å². The topological polar surface area (TPSA) is 135 Å². The molecule has 11 heteroatoms. The molecule has 178 valence electrons. The summed E-state index contributed by atoms with van der Waals surface area (Å²) in [6.07, 6.45) is 7.75. The number of nitrogens with one attached hydrogen (secondary N) is 1. The van der Waals surface area contributed by atoms with Crippen LogP contribution in [0.3, 0.4) is 0 Å². The van der Waals surface area contributed by atoms with Crippen LogP contribution in [0.1, 0.15) is 30.1 Å². The summed E-state index contributed by atoms with van der Waals surface area (Å²) in [4.78, 5) is 16.8. The third kappa shape index (κ3) is 4.13. The Labute approximate surface area is 208 Å². The van der Waals surface area contributed by atoms with Gasteiger partial charge in [-0.15, -0.1) is 0 Å². The molecule has 0 saturated carbocycles. The molecule has 34 heavy (non-hydrogen) atoms. The van der Waals surface area contributed by atoms with E-state index in [4.69, 9.17) is 27.8 Å². The number of halogens is 1. The molecule has 1 spiro atoms. The summed E-state index contributed by atoms with van der Waals surface area (Å²) in [7, 11) is -2.94. The molecular formula is C23H26ClN7OS2. The van der Waals surface area contributed by atoms with Crippen molar-refractivity contribution in [1.82, 2.24) is 15.0 Å². The van der Waals surface area contributed by atoms with Crippen LogP contribution in [0, 0.1) is 10.2 Å². The van der Waals surface area contributed by atoms with Gasteiger partial charge < -0.3 is 16.4 Å². The second-order valence-corrected chi connectivity index (χ2v) is 12.5. The number of nitrogens with two attached hydrogens (primary N) is 2. The summed E-state index contributed by atoms with van der Waals surface area (Å²) < 4.78 is 20.0. The molecule has 3 heterocycles. The van der Waals surface area contributed by atoms with E-state index < -0.39 is 9.73 Å². The van der Waals surface area contributed by atoms with Crippen molar-refractivity contribution in [3.63, 3.8) is 0 Å². The summed E-state index contributed by atoms with van der Waals surface area (Å²) in [5, 5.41) is 0.799. The van der Waals surface area contributed by atoms with E-state index >= 15 is 0 Å². The fourth-order valence-corrected chi connectivity index (χ4v) is 7.26. The third-order valence-corrected chi connectivity index (χ3v) is 9.71. The highest BCUT2D eigenvalue weighted by atomic mass is 35.5. The average Bonchev–Trinajstić information content (AvgIpc) is 3.07. The van der Waals surface area contributed by atoms with Crippen LogP contribution in [-0.4, -0.2) is 38.5 Å². The Morgan fingerprint density at radius 1 is 1.24 bits per heavy atom. The largest absolute Gasteiger partial charge is 0.381 e. The van der Waals surface area contributed by atoms with Gasteiger partial charge in [0.25, 0.3) is 0 Å². The standard InChI is InChI=1S/C23H26ClN7OS2/c1-34(27,32)17-6-2-5-16(19(17)24)33-22-21(26)30-18(13-29-22)31-10-7-23(8-11-31)12-15-14(20(23)25)4-3-9-28-15/h2-6,9,13,20,27H,7-8,10-12,25H2,1H3,(H2,26,30)/t20-,34?/m1/s1. The first-order valence-electron chi connectivity index (χ1n) is 10.9. The predicted octanol–water partition coefficient (Wildman–Crippen LogP) is 4.14. The van der Waals surface area contributed by atoms with Crippen molar-refractivity contribution in [2.75, 3.05) is 30.0 Å². The zero-order valence-electron chi connectivity index (χ0n) is 18.7. The van der Waals surface area contributed by atoms with E-state index in [0.29, 0.717) is 20.6 Å². The molecular weight excluding hydrogens is 490 g/mol. The maximum Gasteiger partial charge on any atom is 0.158 e. The molecule has 1 unspecified atom stereocenters. The van der Waals surface area contributed by atoms with Crippen molar-refractivity contribution < 1.29 is 4.21 Å². The van der Waals surface area contributed by atoms with Crippen molar-refractivity contribution in [1.29, 1.82) is 4.78 Å². The summed E-state index contributed by atoms with van der Waals surface area (Å²) in [6.45, 7) is 1.65. The van der Waals surface area contributed by atoms with Crippen LogP contribution in [0.2, 0.25) is 5.02 Å². The summed E-state index contributed by atoms with van der Waals surface area (Å²) in [5.41, 5.74) is 15.3. The molecule has 1 saturated heterocycles. The molecule has 1 aromatic carbocycles. The molecule has 5 N–H and O–H groups in total. The van der Waals surface area contributed by atoms with Gasteiger partial charge >= 0.3 is 0 Å². The van der Waals surface area contributed by atoms with Gasteiger partial charge in [-0.25, -0.2) is 19.0 Å². The minimum atomic E-state index is -2.94. The van der Waals surface area contributed by atoms with E-state index in [9.17, 15) is 4.21 Å². The zero-order valence-corrected chi connectivity index (χ0v) is 21.1. The normalized spacial score (nSPS) is 20.8. The number of anilines is 2. The first kappa shape index (κ1) is 23.3. The molecule has 0 bridgehead atoms. The lowest BCUT2D eigenvalue weighted by Crippen LogP contribution is -2.44. The second-order valence-electron chi connectivity index (χ2n) is 8.98. The number of hydrogen-bond acceptors (Lipinski definition) is 9. The van der Waals surface area contributed by atoms with Crippen LogP contribution in [0.15, 0.2) is 57.5 Å². The van der Waals surface area contributed by atoms with E-state index in [1.807, 2.05) is 12.3 Å². The maximum atomic E-state index is 12.2. The number of nitrogen functional groups attached to an aromatic ring is 1. The Balaban J connectivity index is 1.30.